The van der Waals surface area contributed by atoms with E-state index in [9.17, 15) is 14.9 Å². The van der Waals surface area contributed by atoms with Crippen LogP contribution in [0.2, 0.25) is 0 Å². The van der Waals surface area contributed by atoms with Gasteiger partial charge in [-0.05, 0) is 31.2 Å². The zero-order valence-corrected chi connectivity index (χ0v) is 12.9. The molecule has 3 rings (SSSR count). The van der Waals surface area contributed by atoms with Gasteiger partial charge in [0.05, 0.1) is 17.0 Å². The second-order valence-corrected chi connectivity index (χ2v) is 5.58. The molecule has 24 heavy (non-hydrogen) atoms. The van der Waals surface area contributed by atoms with Crippen molar-refractivity contribution >= 4 is 23.0 Å². The molecule has 8 nitrogen and oxygen atoms in total. The average Bonchev–Trinajstić information content (AvgIpc) is 2.89. The molecule has 2 aromatic rings. The van der Waals surface area contributed by atoms with E-state index in [2.05, 4.69) is 10.9 Å². The first-order valence-corrected chi connectivity index (χ1v) is 7.32. The van der Waals surface area contributed by atoms with Gasteiger partial charge >= 0.3 is 0 Å². The highest BCUT2D eigenvalue weighted by molar-refractivity contribution is 5.93. The third-order valence-corrected chi connectivity index (χ3v) is 3.55. The number of hydroxylamine groups is 1. The maximum absolute atomic E-state index is 12.2. The van der Waals surface area contributed by atoms with Crippen LogP contribution in [0.5, 0.6) is 0 Å². The monoisotopic (exact) mass is 328 g/mol. The fourth-order valence-corrected chi connectivity index (χ4v) is 2.34. The van der Waals surface area contributed by atoms with Crippen molar-refractivity contribution in [1.29, 1.82) is 0 Å². The molecule has 1 heterocycles. The highest BCUT2D eigenvalue weighted by Crippen LogP contribution is 2.29. The van der Waals surface area contributed by atoms with Crippen molar-refractivity contribution < 1.29 is 14.6 Å². The van der Waals surface area contributed by atoms with Gasteiger partial charge < -0.3 is 5.43 Å². The van der Waals surface area contributed by atoms with Crippen LogP contribution in [0, 0.1) is 10.1 Å². The number of hydrogen-bond acceptors (Lipinski definition) is 6. The predicted octanol–water partition coefficient (Wildman–Crippen LogP) is 2.60. The summed E-state index contributed by atoms with van der Waals surface area (Å²) in [6.45, 7) is 1.74. The van der Waals surface area contributed by atoms with E-state index in [4.69, 9.17) is 4.84 Å². The topological polar surface area (TPSA) is 96.7 Å². The summed E-state index contributed by atoms with van der Waals surface area (Å²) in [5.74, 6) is -0.165. The molecule has 1 aliphatic heterocycles. The quantitative estimate of drug-likeness (QED) is 0.647. The van der Waals surface area contributed by atoms with Crippen LogP contribution >= 0.6 is 0 Å². The summed E-state index contributed by atoms with van der Waals surface area (Å²) < 4.78 is 0. The third-order valence-electron chi connectivity index (χ3n) is 3.55. The van der Waals surface area contributed by atoms with Crippen LogP contribution in [-0.2, 0) is 9.63 Å². The highest BCUT2D eigenvalue weighted by atomic mass is 16.7. The van der Waals surface area contributed by atoms with Gasteiger partial charge in [0.1, 0.15) is 0 Å². The Labute approximate surface area is 138 Å². The SMILES string of the molecule is C[C@]1(NNc2ccc([N+](=O)[O-])cc2)CC(=O)N(c2ccccc2)O1. The number of carbonyl (C=O) groups excluding carboxylic acids is 1. The lowest BCUT2D eigenvalue weighted by molar-refractivity contribution is -0.384. The summed E-state index contributed by atoms with van der Waals surface area (Å²) in [7, 11) is 0. The van der Waals surface area contributed by atoms with E-state index >= 15 is 0 Å². The largest absolute Gasteiger partial charge is 0.319 e. The summed E-state index contributed by atoms with van der Waals surface area (Å²) in [4.78, 5) is 28.1. The first kappa shape index (κ1) is 15.9. The molecule has 1 aliphatic rings. The number of nitrogens with one attached hydrogen (secondary N) is 2. The van der Waals surface area contributed by atoms with Crippen LogP contribution in [0.3, 0.4) is 0 Å². The zero-order chi connectivity index (χ0) is 17.2. The van der Waals surface area contributed by atoms with Crippen molar-refractivity contribution in [2.24, 2.45) is 0 Å². The number of anilines is 2. The molecule has 1 amide bonds. The molecule has 0 aliphatic carbocycles. The van der Waals surface area contributed by atoms with E-state index in [1.165, 1.54) is 17.2 Å². The maximum Gasteiger partial charge on any atom is 0.269 e. The number of hydrogen-bond donors (Lipinski definition) is 2. The molecular weight excluding hydrogens is 312 g/mol. The van der Waals surface area contributed by atoms with E-state index < -0.39 is 10.6 Å². The van der Waals surface area contributed by atoms with Crippen LogP contribution < -0.4 is 15.9 Å². The predicted molar refractivity (Wildman–Crippen MR) is 87.9 cm³/mol. The number of benzene rings is 2. The average molecular weight is 328 g/mol. The maximum atomic E-state index is 12.2. The van der Waals surface area contributed by atoms with Crippen LogP contribution in [0.15, 0.2) is 54.6 Å². The van der Waals surface area contributed by atoms with Gasteiger partial charge in [-0.3, -0.25) is 14.9 Å². The number of carbonyl (C=O) groups is 1. The number of amides is 1. The van der Waals surface area contributed by atoms with Crippen molar-refractivity contribution in [2.45, 2.75) is 19.1 Å². The molecule has 124 valence electrons. The summed E-state index contributed by atoms with van der Waals surface area (Å²) in [5, 5.41) is 11.9. The molecule has 1 atom stereocenters. The number of para-hydroxylation sites is 1. The van der Waals surface area contributed by atoms with Gasteiger partial charge in [-0.25, -0.2) is 10.3 Å². The molecule has 0 spiro atoms. The summed E-state index contributed by atoms with van der Waals surface area (Å²) in [6.07, 6.45) is 0.141. The smallest absolute Gasteiger partial charge is 0.269 e. The minimum absolute atomic E-state index is 0.00862. The fraction of sp³-hybridized carbons (Fsp3) is 0.188. The van der Waals surface area contributed by atoms with Crippen molar-refractivity contribution in [2.75, 3.05) is 10.5 Å². The van der Waals surface area contributed by atoms with Crippen LogP contribution in [0.25, 0.3) is 0 Å². The number of nitrogens with zero attached hydrogens (tertiary/aromatic N) is 2. The highest BCUT2D eigenvalue weighted by Gasteiger charge is 2.42. The van der Waals surface area contributed by atoms with Crippen LogP contribution in [-0.4, -0.2) is 16.6 Å². The molecule has 1 fully saturated rings. The first-order chi connectivity index (χ1) is 11.5. The van der Waals surface area contributed by atoms with Crippen molar-refractivity contribution in [3.8, 4) is 0 Å². The summed E-state index contributed by atoms with van der Waals surface area (Å²) in [6, 6.07) is 15.0. The van der Waals surface area contributed by atoms with E-state index in [1.54, 1.807) is 31.2 Å². The van der Waals surface area contributed by atoms with E-state index in [-0.39, 0.29) is 18.0 Å². The van der Waals surface area contributed by atoms with E-state index in [0.717, 1.165) is 0 Å². The number of nitro benzene ring substituents is 1. The van der Waals surface area contributed by atoms with Gasteiger partial charge in [0.25, 0.3) is 11.6 Å². The third kappa shape index (κ3) is 3.34. The van der Waals surface area contributed by atoms with Gasteiger partial charge in [-0.2, -0.15) is 5.06 Å². The molecular formula is C16H16N4O4. The number of hydrazine groups is 1. The first-order valence-electron chi connectivity index (χ1n) is 7.32. The lowest BCUT2D eigenvalue weighted by atomic mass is 10.2. The normalized spacial score (nSPS) is 20.2. The number of nitro groups is 1. The Balaban J connectivity index is 1.65. The number of rotatable bonds is 5. The van der Waals surface area contributed by atoms with Crippen molar-refractivity contribution in [3.63, 3.8) is 0 Å². The molecule has 8 heteroatoms. The Hall–Kier alpha value is -2.97. The fourth-order valence-electron chi connectivity index (χ4n) is 2.34. The van der Waals surface area contributed by atoms with Crippen LogP contribution in [0.1, 0.15) is 13.3 Å². The Morgan fingerprint density at radius 1 is 1.17 bits per heavy atom. The van der Waals surface area contributed by atoms with Gasteiger partial charge in [0.2, 0.25) is 0 Å². The van der Waals surface area contributed by atoms with Crippen LogP contribution in [0.4, 0.5) is 17.1 Å². The lowest BCUT2D eigenvalue weighted by Crippen LogP contribution is -2.46. The Kier molecular flexibility index (Phi) is 4.15. The summed E-state index contributed by atoms with van der Waals surface area (Å²) in [5.41, 5.74) is 6.21. The Morgan fingerprint density at radius 3 is 2.46 bits per heavy atom. The second kappa shape index (κ2) is 6.26. The van der Waals surface area contributed by atoms with Gasteiger partial charge in [-0.1, -0.05) is 18.2 Å². The standard InChI is InChI=1S/C16H16N4O4/c1-16(18-17-12-7-9-14(10-8-12)20(22)23)11-15(21)19(24-16)13-5-3-2-4-6-13/h2-10,17-18H,11H2,1H3/t16-/m1/s1. The summed E-state index contributed by atoms with van der Waals surface area (Å²) >= 11 is 0. The van der Waals surface area contributed by atoms with Gasteiger partial charge in [-0.15, -0.1) is 0 Å². The molecule has 2 aromatic carbocycles. The van der Waals surface area contributed by atoms with Crippen molar-refractivity contribution in [3.05, 3.63) is 64.7 Å². The molecule has 0 saturated carbocycles. The van der Waals surface area contributed by atoms with Gasteiger partial charge in [0.15, 0.2) is 5.72 Å². The molecule has 0 radical (unpaired) electrons. The molecule has 0 aromatic heterocycles. The Bertz CT molecular complexity index is 750. The van der Waals surface area contributed by atoms with Crippen molar-refractivity contribution in [1.82, 2.24) is 5.43 Å². The minimum Gasteiger partial charge on any atom is -0.319 e. The second-order valence-electron chi connectivity index (χ2n) is 5.58. The van der Waals surface area contributed by atoms with E-state index in [1.807, 2.05) is 18.2 Å². The molecule has 2 N–H and O–H groups in total. The molecule has 0 bridgehead atoms. The zero-order valence-electron chi connectivity index (χ0n) is 12.9. The molecule has 0 unspecified atom stereocenters. The number of non-ortho nitro benzene ring substituents is 1. The molecule has 1 saturated heterocycles. The van der Waals surface area contributed by atoms with E-state index in [0.29, 0.717) is 11.4 Å². The minimum atomic E-state index is -0.936. The Morgan fingerprint density at radius 2 is 1.83 bits per heavy atom. The van der Waals surface area contributed by atoms with Gasteiger partial charge in [0, 0.05) is 17.8 Å². The lowest BCUT2D eigenvalue weighted by Gasteiger charge is -2.25.